The smallest absolute Gasteiger partial charge is 0.282 e. The van der Waals surface area contributed by atoms with Crippen LogP contribution < -0.4 is 4.90 Å². The van der Waals surface area contributed by atoms with E-state index >= 15 is 0 Å². The summed E-state index contributed by atoms with van der Waals surface area (Å²) in [6.45, 7) is 2.76. The molecule has 9 nitrogen and oxygen atoms in total. The van der Waals surface area contributed by atoms with Gasteiger partial charge in [0.25, 0.3) is 6.43 Å². The number of rotatable bonds is 5. The number of hydrogen-bond donors (Lipinski definition) is 0. The SMILES string of the molecule is CC1C(CS(C)(=O)=O)OCCN1c1cc(-c2cnc3ccc(C(F)F)nn23)ncn1. The zero-order chi connectivity index (χ0) is 21.5. The van der Waals surface area contributed by atoms with Crippen molar-refractivity contribution in [1.82, 2.24) is 24.6 Å². The number of hydrogen-bond acceptors (Lipinski definition) is 8. The first kappa shape index (κ1) is 20.5. The molecule has 1 aliphatic rings. The lowest BCUT2D eigenvalue weighted by Crippen LogP contribution is -2.52. The van der Waals surface area contributed by atoms with E-state index in [2.05, 4.69) is 20.1 Å². The molecule has 0 N–H and O–H groups in total. The van der Waals surface area contributed by atoms with Gasteiger partial charge in [0.2, 0.25) is 0 Å². The molecular formula is C18H20F2N6O3S. The fraction of sp³-hybridized carbons (Fsp3) is 0.444. The predicted molar refractivity (Wildman–Crippen MR) is 105 cm³/mol. The lowest BCUT2D eigenvalue weighted by molar-refractivity contribution is 0.0302. The van der Waals surface area contributed by atoms with Gasteiger partial charge in [-0.2, -0.15) is 5.10 Å². The number of morpholine rings is 1. The molecule has 4 rings (SSSR count). The van der Waals surface area contributed by atoms with Gasteiger partial charge in [0.1, 0.15) is 33.4 Å². The molecule has 0 radical (unpaired) electrons. The van der Waals surface area contributed by atoms with E-state index in [1.807, 2.05) is 11.8 Å². The van der Waals surface area contributed by atoms with Crippen molar-refractivity contribution in [3.8, 4) is 11.4 Å². The fourth-order valence-corrected chi connectivity index (χ4v) is 4.45. The summed E-state index contributed by atoms with van der Waals surface area (Å²) >= 11 is 0. The Morgan fingerprint density at radius 3 is 2.80 bits per heavy atom. The molecule has 12 heteroatoms. The molecule has 0 saturated carbocycles. The minimum atomic E-state index is -3.21. The second-order valence-electron chi connectivity index (χ2n) is 7.17. The van der Waals surface area contributed by atoms with Gasteiger partial charge >= 0.3 is 0 Å². The third-order valence-corrected chi connectivity index (χ3v) is 5.91. The number of sulfone groups is 1. The Morgan fingerprint density at radius 1 is 1.27 bits per heavy atom. The van der Waals surface area contributed by atoms with Gasteiger partial charge in [-0.05, 0) is 19.1 Å². The van der Waals surface area contributed by atoms with Crippen molar-refractivity contribution in [2.24, 2.45) is 0 Å². The highest BCUT2D eigenvalue weighted by Crippen LogP contribution is 2.26. The first-order chi connectivity index (χ1) is 14.2. The molecule has 1 aliphatic heterocycles. The summed E-state index contributed by atoms with van der Waals surface area (Å²) < 4.78 is 56.5. The molecular weight excluding hydrogens is 418 g/mol. The second kappa shape index (κ2) is 7.84. The van der Waals surface area contributed by atoms with Gasteiger partial charge in [-0.25, -0.2) is 36.7 Å². The maximum atomic E-state index is 13.1. The third-order valence-electron chi connectivity index (χ3n) is 4.98. The highest BCUT2D eigenvalue weighted by Gasteiger charge is 2.32. The van der Waals surface area contributed by atoms with Gasteiger partial charge in [0.15, 0.2) is 5.65 Å². The first-order valence-electron chi connectivity index (χ1n) is 9.24. The van der Waals surface area contributed by atoms with Crippen LogP contribution >= 0.6 is 0 Å². The normalized spacial score (nSPS) is 20.2. The van der Waals surface area contributed by atoms with Gasteiger partial charge in [0.05, 0.1) is 36.4 Å². The van der Waals surface area contributed by atoms with E-state index in [1.165, 1.54) is 35.4 Å². The van der Waals surface area contributed by atoms with Crippen LogP contribution in [0.3, 0.4) is 0 Å². The lowest BCUT2D eigenvalue weighted by Gasteiger charge is -2.39. The summed E-state index contributed by atoms with van der Waals surface area (Å²) in [5, 5.41) is 3.96. The van der Waals surface area contributed by atoms with Gasteiger partial charge in [-0.3, -0.25) is 0 Å². The van der Waals surface area contributed by atoms with Crippen LogP contribution in [0.25, 0.3) is 17.0 Å². The number of nitrogens with zero attached hydrogens (tertiary/aromatic N) is 6. The Bertz CT molecular complexity index is 1170. The molecule has 0 aromatic carbocycles. The topological polar surface area (TPSA) is 103 Å². The summed E-state index contributed by atoms with van der Waals surface area (Å²) in [4.78, 5) is 14.7. The number of halogens is 2. The average Bonchev–Trinajstić information content (AvgIpc) is 3.12. The lowest BCUT2D eigenvalue weighted by atomic mass is 10.1. The highest BCUT2D eigenvalue weighted by atomic mass is 32.2. The molecule has 0 amide bonds. The molecule has 1 fully saturated rings. The summed E-state index contributed by atoms with van der Waals surface area (Å²) in [5.41, 5.74) is 0.971. The largest absolute Gasteiger partial charge is 0.373 e. The van der Waals surface area contributed by atoms with E-state index in [-0.39, 0.29) is 17.5 Å². The zero-order valence-electron chi connectivity index (χ0n) is 16.3. The Kier molecular flexibility index (Phi) is 5.36. The van der Waals surface area contributed by atoms with E-state index in [1.54, 1.807) is 6.07 Å². The van der Waals surface area contributed by atoms with E-state index < -0.39 is 22.4 Å². The minimum absolute atomic E-state index is 0.0871. The number of imidazole rings is 1. The van der Waals surface area contributed by atoms with Crippen molar-refractivity contribution in [2.45, 2.75) is 25.5 Å². The highest BCUT2D eigenvalue weighted by molar-refractivity contribution is 7.90. The minimum Gasteiger partial charge on any atom is -0.373 e. The predicted octanol–water partition coefficient (Wildman–Crippen LogP) is 1.76. The third kappa shape index (κ3) is 4.10. The van der Waals surface area contributed by atoms with Crippen LogP contribution in [0.4, 0.5) is 14.6 Å². The molecule has 0 aliphatic carbocycles. The molecule has 0 spiro atoms. The van der Waals surface area contributed by atoms with Gasteiger partial charge in [-0.1, -0.05) is 0 Å². The van der Waals surface area contributed by atoms with Crippen LogP contribution in [0.5, 0.6) is 0 Å². The summed E-state index contributed by atoms with van der Waals surface area (Å²) in [6, 6.07) is 4.18. The van der Waals surface area contributed by atoms with Gasteiger partial charge in [-0.15, -0.1) is 0 Å². The number of alkyl halides is 2. The monoisotopic (exact) mass is 438 g/mol. The molecule has 3 aromatic heterocycles. The standard InChI is InChI=1S/C18H20F2N6O3S/c1-11-15(9-30(2,27)28)29-6-5-25(11)17-7-13(22-10-23-17)14-8-21-16-4-3-12(18(19)20)24-26(14)16/h3-4,7-8,10-11,15,18H,5-6,9H2,1-2H3. The van der Waals surface area contributed by atoms with E-state index in [9.17, 15) is 17.2 Å². The van der Waals surface area contributed by atoms with Crippen molar-refractivity contribution in [1.29, 1.82) is 0 Å². The number of fused-ring (bicyclic) bond motifs is 1. The maximum Gasteiger partial charge on any atom is 0.282 e. The van der Waals surface area contributed by atoms with Gasteiger partial charge in [0, 0.05) is 18.9 Å². The molecule has 2 unspecified atom stereocenters. The Balaban J connectivity index is 1.68. The van der Waals surface area contributed by atoms with Crippen LogP contribution in [-0.2, 0) is 14.6 Å². The second-order valence-corrected chi connectivity index (χ2v) is 9.35. The van der Waals surface area contributed by atoms with Crippen molar-refractivity contribution in [3.63, 3.8) is 0 Å². The van der Waals surface area contributed by atoms with Crippen molar-refractivity contribution in [2.75, 3.05) is 30.1 Å². The molecule has 2 atom stereocenters. The van der Waals surface area contributed by atoms with Crippen LogP contribution in [0.1, 0.15) is 19.0 Å². The van der Waals surface area contributed by atoms with Crippen molar-refractivity contribution in [3.05, 3.63) is 36.4 Å². The summed E-state index contributed by atoms with van der Waals surface area (Å²) in [6.07, 6.45) is 0.869. The van der Waals surface area contributed by atoms with Crippen LogP contribution in [0, 0.1) is 0 Å². The molecule has 1 saturated heterocycles. The molecule has 30 heavy (non-hydrogen) atoms. The Hall–Kier alpha value is -2.73. The van der Waals surface area contributed by atoms with E-state index in [0.717, 1.165) is 0 Å². The number of aromatic nitrogens is 5. The summed E-state index contributed by atoms with van der Waals surface area (Å²) in [5.74, 6) is 0.491. The van der Waals surface area contributed by atoms with E-state index in [4.69, 9.17) is 4.74 Å². The quantitative estimate of drug-likeness (QED) is 0.594. The maximum absolute atomic E-state index is 13.1. The van der Waals surface area contributed by atoms with Crippen LogP contribution in [0.2, 0.25) is 0 Å². The number of ether oxygens (including phenoxy) is 1. The van der Waals surface area contributed by atoms with Crippen molar-refractivity contribution >= 4 is 21.3 Å². The molecule has 0 bridgehead atoms. The molecule has 3 aromatic rings. The number of anilines is 1. The van der Waals surface area contributed by atoms with E-state index in [0.29, 0.717) is 36.0 Å². The van der Waals surface area contributed by atoms with Crippen molar-refractivity contribution < 1.29 is 21.9 Å². The summed E-state index contributed by atoms with van der Waals surface area (Å²) in [7, 11) is -3.21. The Morgan fingerprint density at radius 2 is 2.07 bits per heavy atom. The van der Waals surface area contributed by atoms with Crippen LogP contribution in [-0.4, -0.2) is 70.3 Å². The molecule has 160 valence electrons. The van der Waals surface area contributed by atoms with Gasteiger partial charge < -0.3 is 9.64 Å². The molecule has 4 heterocycles. The fourth-order valence-electron chi connectivity index (χ4n) is 3.48. The average molecular weight is 438 g/mol. The van der Waals surface area contributed by atoms with Crippen LogP contribution in [0.15, 0.2) is 30.7 Å². The zero-order valence-corrected chi connectivity index (χ0v) is 17.1. The first-order valence-corrected chi connectivity index (χ1v) is 11.3. The Labute approximate surface area is 171 Å².